The minimum Gasteiger partial charge on any atom is -0.479 e. The minimum atomic E-state index is -1.10. The van der Waals surface area contributed by atoms with Gasteiger partial charge in [-0.25, -0.2) is 14.3 Å². The van der Waals surface area contributed by atoms with Gasteiger partial charge in [-0.3, -0.25) is 0 Å². The quantitative estimate of drug-likeness (QED) is 0.786. The number of aromatic nitrogens is 3. The molecule has 0 aliphatic rings. The number of rotatable bonds is 2. The lowest BCUT2D eigenvalue weighted by Crippen LogP contribution is -1.99. The number of carboxylic acids is 1. The van der Waals surface area contributed by atoms with Crippen LogP contribution in [0.5, 0.6) is 5.88 Å². The van der Waals surface area contributed by atoms with Crippen molar-refractivity contribution >= 4 is 11.6 Å². The number of hydrogen-bond acceptors (Lipinski definition) is 4. The number of carboxylic acid groups (broad SMARTS) is 1. The van der Waals surface area contributed by atoms with Crippen LogP contribution in [0.1, 0.15) is 15.9 Å². The highest BCUT2D eigenvalue weighted by molar-refractivity contribution is 5.97. The Balaban J connectivity index is 2.80. The SMILES string of the molecule is COc1nn2cc(C)cnc2c1C(=O)O. The fraction of sp³-hybridized carbons (Fsp3) is 0.222. The number of nitrogens with zero attached hydrogens (tertiary/aromatic N) is 3. The Labute approximate surface area is 85.1 Å². The summed E-state index contributed by atoms with van der Waals surface area (Å²) in [6.07, 6.45) is 3.28. The minimum absolute atomic E-state index is 0.0162. The lowest BCUT2D eigenvalue weighted by Gasteiger charge is -1.94. The highest BCUT2D eigenvalue weighted by atomic mass is 16.5. The molecule has 0 saturated carbocycles. The second-order valence-corrected chi connectivity index (χ2v) is 3.09. The molecule has 0 unspecified atom stereocenters. The molecule has 0 aliphatic heterocycles. The zero-order chi connectivity index (χ0) is 11.0. The topological polar surface area (TPSA) is 76.7 Å². The molecule has 0 bridgehead atoms. The van der Waals surface area contributed by atoms with Crippen molar-refractivity contribution in [1.82, 2.24) is 14.6 Å². The lowest BCUT2D eigenvalue weighted by atomic mass is 10.3. The van der Waals surface area contributed by atoms with Crippen LogP contribution < -0.4 is 4.74 Å². The largest absolute Gasteiger partial charge is 0.479 e. The summed E-state index contributed by atoms with van der Waals surface area (Å²) in [4.78, 5) is 15.0. The molecule has 0 spiro atoms. The van der Waals surface area contributed by atoms with Gasteiger partial charge in [0.1, 0.15) is 0 Å². The van der Waals surface area contributed by atoms with Gasteiger partial charge in [-0.05, 0) is 12.5 Å². The lowest BCUT2D eigenvalue weighted by molar-refractivity contribution is 0.0695. The summed E-state index contributed by atoms with van der Waals surface area (Å²) in [6.45, 7) is 1.85. The highest BCUT2D eigenvalue weighted by Gasteiger charge is 2.20. The number of fused-ring (bicyclic) bond motifs is 1. The Morgan fingerprint density at radius 1 is 1.60 bits per heavy atom. The summed E-state index contributed by atoms with van der Waals surface area (Å²) < 4.78 is 6.28. The molecule has 0 aromatic carbocycles. The summed E-state index contributed by atoms with van der Waals surface area (Å²) in [5, 5.41) is 12.9. The van der Waals surface area contributed by atoms with Gasteiger partial charge in [0.2, 0.25) is 5.88 Å². The molecule has 1 N–H and O–H groups in total. The second-order valence-electron chi connectivity index (χ2n) is 3.09. The Morgan fingerprint density at radius 2 is 2.33 bits per heavy atom. The van der Waals surface area contributed by atoms with Gasteiger partial charge in [0, 0.05) is 12.4 Å². The van der Waals surface area contributed by atoms with Crippen molar-refractivity contribution in [2.45, 2.75) is 6.92 Å². The second kappa shape index (κ2) is 3.23. The van der Waals surface area contributed by atoms with E-state index in [-0.39, 0.29) is 17.1 Å². The molecule has 0 aliphatic carbocycles. The van der Waals surface area contributed by atoms with Crippen LogP contribution in [-0.4, -0.2) is 32.8 Å². The van der Waals surface area contributed by atoms with E-state index < -0.39 is 5.97 Å². The van der Waals surface area contributed by atoms with Gasteiger partial charge in [-0.2, -0.15) is 0 Å². The average molecular weight is 207 g/mol. The predicted octanol–water partition coefficient (Wildman–Crippen LogP) is 0.745. The summed E-state index contributed by atoms with van der Waals surface area (Å²) in [6, 6.07) is 0. The third kappa shape index (κ3) is 1.39. The molecule has 2 aromatic heterocycles. The number of carbonyl (C=O) groups is 1. The zero-order valence-corrected chi connectivity index (χ0v) is 8.26. The van der Waals surface area contributed by atoms with Crippen molar-refractivity contribution in [3.8, 4) is 5.88 Å². The van der Waals surface area contributed by atoms with E-state index in [4.69, 9.17) is 9.84 Å². The molecule has 78 valence electrons. The third-order valence-electron chi connectivity index (χ3n) is 1.98. The molecule has 0 radical (unpaired) electrons. The number of ether oxygens (including phenoxy) is 1. The smallest absolute Gasteiger partial charge is 0.345 e. The maximum atomic E-state index is 11.0. The summed E-state index contributed by atoms with van der Waals surface area (Å²) in [7, 11) is 1.38. The van der Waals surface area contributed by atoms with Crippen molar-refractivity contribution in [2.75, 3.05) is 7.11 Å². The Morgan fingerprint density at radius 3 is 2.93 bits per heavy atom. The Hall–Kier alpha value is -2.11. The summed E-state index contributed by atoms with van der Waals surface area (Å²) in [5.74, 6) is -1.03. The molecule has 0 amide bonds. The van der Waals surface area contributed by atoms with Gasteiger partial charge in [0.15, 0.2) is 11.2 Å². The van der Waals surface area contributed by atoms with Crippen LogP contribution in [0.2, 0.25) is 0 Å². The highest BCUT2D eigenvalue weighted by Crippen LogP contribution is 2.20. The van der Waals surface area contributed by atoms with Crippen LogP contribution >= 0.6 is 0 Å². The molecule has 0 saturated heterocycles. The first kappa shape index (κ1) is 9.45. The Bertz CT molecular complexity index is 533. The van der Waals surface area contributed by atoms with E-state index in [1.165, 1.54) is 11.6 Å². The van der Waals surface area contributed by atoms with Crippen LogP contribution in [0.25, 0.3) is 5.65 Å². The van der Waals surface area contributed by atoms with E-state index in [0.29, 0.717) is 0 Å². The molecule has 0 fully saturated rings. The predicted molar refractivity (Wildman–Crippen MR) is 51.2 cm³/mol. The molecule has 2 aromatic rings. The average Bonchev–Trinajstić information content (AvgIpc) is 2.54. The van der Waals surface area contributed by atoms with E-state index >= 15 is 0 Å². The van der Waals surface area contributed by atoms with Gasteiger partial charge in [0.25, 0.3) is 0 Å². The molecule has 2 rings (SSSR count). The fourth-order valence-corrected chi connectivity index (χ4v) is 1.34. The normalized spacial score (nSPS) is 10.5. The summed E-state index contributed by atoms with van der Waals surface area (Å²) in [5.41, 5.74) is 1.16. The van der Waals surface area contributed by atoms with E-state index in [1.54, 1.807) is 12.4 Å². The number of aryl methyl sites for hydroxylation is 1. The maximum Gasteiger partial charge on any atom is 0.345 e. The van der Waals surface area contributed by atoms with E-state index in [1.807, 2.05) is 6.92 Å². The molecular weight excluding hydrogens is 198 g/mol. The van der Waals surface area contributed by atoms with Gasteiger partial charge in [-0.1, -0.05) is 0 Å². The van der Waals surface area contributed by atoms with Gasteiger partial charge in [0.05, 0.1) is 7.11 Å². The summed E-state index contributed by atoms with van der Waals surface area (Å²) >= 11 is 0. The first-order chi connectivity index (χ1) is 7.13. The number of aromatic carboxylic acids is 1. The van der Waals surface area contributed by atoms with Gasteiger partial charge in [-0.15, -0.1) is 5.10 Å². The van der Waals surface area contributed by atoms with E-state index in [0.717, 1.165) is 5.56 Å². The Kier molecular flexibility index (Phi) is 2.03. The number of hydrogen-bond donors (Lipinski definition) is 1. The zero-order valence-electron chi connectivity index (χ0n) is 8.26. The molecule has 6 nitrogen and oxygen atoms in total. The fourth-order valence-electron chi connectivity index (χ4n) is 1.34. The molecular formula is C9H9N3O3. The van der Waals surface area contributed by atoms with Crippen LogP contribution in [0, 0.1) is 6.92 Å². The van der Waals surface area contributed by atoms with Crippen molar-refractivity contribution in [2.24, 2.45) is 0 Å². The van der Waals surface area contributed by atoms with Crippen molar-refractivity contribution in [3.05, 3.63) is 23.5 Å². The molecule has 0 atom stereocenters. The first-order valence-corrected chi connectivity index (χ1v) is 4.25. The van der Waals surface area contributed by atoms with Crippen LogP contribution in [0.15, 0.2) is 12.4 Å². The van der Waals surface area contributed by atoms with Crippen LogP contribution in [0.3, 0.4) is 0 Å². The van der Waals surface area contributed by atoms with Crippen LogP contribution in [-0.2, 0) is 0 Å². The molecule has 15 heavy (non-hydrogen) atoms. The monoisotopic (exact) mass is 207 g/mol. The van der Waals surface area contributed by atoms with E-state index in [2.05, 4.69) is 10.1 Å². The van der Waals surface area contributed by atoms with Gasteiger partial charge >= 0.3 is 5.97 Å². The molecule has 2 heterocycles. The standard InChI is InChI=1S/C9H9N3O3/c1-5-3-10-7-6(9(13)14)8(15-2)11-12(7)4-5/h3-4H,1-2H3,(H,13,14). The maximum absolute atomic E-state index is 11.0. The molecule has 6 heteroatoms. The number of methoxy groups -OCH3 is 1. The first-order valence-electron chi connectivity index (χ1n) is 4.25. The van der Waals surface area contributed by atoms with E-state index in [9.17, 15) is 4.79 Å². The van der Waals surface area contributed by atoms with Crippen molar-refractivity contribution in [3.63, 3.8) is 0 Å². The van der Waals surface area contributed by atoms with Crippen molar-refractivity contribution in [1.29, 1.82) is 0 Å². The van der Waals surface area contributed by atoms with Crippen LogP contribution in [0.4, 0.5) is 0 Å². The third-order valence-corrected chi connectivity index (χ3v) is 1.98. The van der Waals surface area contributed by atoms with Crippen molar-refractivity contribution < 1.29 is 14.6 Å². The van der Waals surface area contributed by atoms with Gasteiger partial charge < -0.3 is 9.84 Å².